The lowest BCUT2D eigenvalue weighted by Gasteiger charge is -2.25. The maximum atomic E-state index is 9.92. The summed E-state index contributed by atoms with van der Waals surface area (Å²) in [6.07, 6.45) is 3.98. The van der Waals surface area contributed by atoms with E-state index in [0.717, 1.165) is 6.42 Å². The number of rotatable bonds is 5. The van der Waals surface area contributed by atoms with Gasteiger partial charge in [-0.3, -0.25) is 0 Å². The molecular weight excluding hydrogens is 200 g/mol. The average Bonchev–Trinajstić information content (AvgIpc) is 2.27. The van der Waals surface area contributed by atoms with E-state index in [1.807, 2.05) is 37.3 Å². The van der Waals surface area contributed by atoms with E-state index in [1.165, 1.54) is 5.56 Å². The van der Waals surface area contributed by atoms with Gasteiger partial charge in [-0.15, -0.1) is 0 Å². The molecule has 0 saturated heterocycles. The Morgan fingerprint density at radius 2 is 1.94 bits per heavy atom. The third-order valence-corrected chi connectivity index (χ3v) is 2.73. The van der Waals surface area contributed by atoms with Crippen molar-refractivity contribution in [1.82, 2.24) is 0 Å². The topological polar surface area (TPSA) is 40.5 Å². The Morgan fingerprint density at radius 1 is 1.31 bits per heavy atom. The molecule has 2 N–H and O–H groups in total. The third-order valence-electron chi connectivity index (χ3n) is 2.73. The normalized spacial score (nSPS) is 17.2. The smallest absolute Gasteiger partial charge is 0.106 e. The van der Waals surface area contributed by atoms with Crippen molar-refractivity contribution >= 4 is 0 Å². The van der Waals surface area contributed by atoms with Crippen molar-refractivity contribution in [3.63, 3.8) is 0 Å². The molecule has 1 aromatic carbocycles. The predicted octanol–water partition coefficient (Wildman–Crippen LogP) is 2.31. The second-order valence-electron chi connectivity index (χ2n) is 4.27. The van der Waals surface area contributed by atoms with Crippen molar-refractivity contribution in [2.75, 3.05) is 0 Å². The van der Waals surface area contributed by atoms with E-state index in [0.29, 0.717) is 6.42 Å². The fraction of sp³-hybridized carbons (Fsp3) is 0.429. The largest absolute Gasteiger partial charge is 0.390 e. The van der Waals surface area contributed by atoms with Crippen molar-refractivity contribution in [2.45, 2.75) is 38.4 Å². The molecule has 0 aliphatic heterocycles. The summed E-state index contributed by atoms with van der Waals surface area (Å²) in [5.74, 6) is 0. The molecule has 0 heterocycles. The summed E-state index contributed by atoms with van der Waals surface area (Å²) < 4.78 is 0. The minimum Gasteiger partial charge on any atom is -0.390 e. The number of allylic oxidation sites excluding steroid dienone is 1. The SMILES string of the molecule is C/C=C/[C@@](C)(O)[C@H](O)CCc1ccccc1. The lowest BCUT2D eigenvalue weighted by molar-refractivity contribution is -0.0298. The van der Waals surface area contributed by atoms with Gasteiger partial charge in [0, 0.05) is 0 Å². The third kappa shape index (κ3) is 3.80. The predicted molar refractivity (Wildman–Crippen MR) is 66.2 cm³/mol. The van der Waals surface area contributed by atoms with Crippen molar-refractivity contribution in [2.24, 2.45) is 0 Å². The molecule has 16 heavy (non-hydrogen) atoms. The fourth-order valence-electron chi connectivity index (χ4n) is 1.69. The zero-order valence-electron chi connectivity index (χ0n) is 9.93. The van der Waals surface area contributed by atoms with Crippen molar-refractivity contribution in [3.05, 3.63) is 48.0 Å². The number of aryl methyl sites for hydroxylation is 1. The van der Waals surface area contributed by atoms with E-state index >= 15 is 0 Å². The lowest BCUT2D eigenvalue weighted by Crippen LogP contribution is -2.37. The number of aliphatic hydroxyl groups excluding tert-OH is 1. The first-order chi connectivity index (χ1) is 7.56. The maximum absolute atomic E-state index is 9.92. The van der Waals surface area contributed by atoms with Crippen LogP contribution in [0.25, 0.3) is 0 Å². The summed E-state index contributed by atoms with van der Waals surface area (Å²) in [6, 6.07) is 9.97. The molecular formula is C14H20O2. The van der Waals surface area contributed by atoms with Crippen LogP contribution in [0.15, 0.2) is 42.5 Å². The Morgan fingerprint density at radius 3 is 2.50 bits per heavy atom. The highest BCUT2D eigenvalue weighted by Gasteiger charge is 2.26. The minimum absolute atomic E-state index is 0.557. The molecule has 88 valence electrons. The fourth-order valence-corrected chi connectivity index (χ4v) is 1.69. The maximum Gasteiger partial charge on any atom is 0.106 e. The first-order valence-corrected chi connectivity index (χ1v) is 5.64. The van der Waals surface area contributed by atoms with E-state index < -0.39 is 11.7 Å². The number of aliphatic hydroxyl groups is 2. The summed E-state index contributed by atoms with van der Waals surface area (Å²) in [7, 11) is 0. The van der Waals surface area contributed by atoms with Crippen LogP contribution in [0.4, 0.5) is 0 Å². The molecule has 0 bridgehead atoms. The monoisotopic (exact) mass is 220 g/mol. The Labute approximate surface area is 97.2 Å². The summed E-state index contributed by atoms with van der Waals surface area (Å²) in [6.45, 7) is 3.46. The molecule has 0 radical (unpaired) electrons. The summed E-state index contributed by atoms with van der Waals surface area (Å²) >= 11 is 0. The van der Waals surface area contributed by atoms with Crippen LogP contribution in [-0.2, 0) is 6.42 Å². The van der Waals surface area contributed by atoms with Gasteiger partial charge in [0.15, 0.2) is 0 Å². The highest BCUT2D eigenvalue weighted by molar-refractivity contribution is 5.15. The van der Waals surface area contributed by atoms with E-state index in [9.17, 15) is 10.2 Å². The van der Waals surface area contributed by atoms with Crippen LogP contribution in [0.3, 0.4) is 0 Å². The first kappa shape index (κ1) is 12.9. The first-order valence-electron chi connectivity index (χ1n) is 5.64. The van der Waals surface area contributed by atoms with Crippen LogP contribution in [0, 0.1) is 0 Å². The van der Waals surface area contributed by atoms with Gasteiger partial charge in [-0.05, 0) is 32.3 Å². The molecule has 0 aliphatic rings. The molecule has 2 nitrogen and oxygen atoms in total. The molecule has 0 aromatic heterocycles. The molecule has 0 saturated carbocycles. The van der Waals surface area contributed by atoms with Gasteiger partial charge in [0.1, 0.15) is 5.60 Å². The van der Waals surface area contributed by atoms with Gasteiger partial charge in [0.25, 0.3) is 0 Å². The summed E-state index contributed by atoms with van der Waals surface area (Å²) in [5, 5.41) is 19.8. The van der Waals surface area contributed by atoms with Crippen LogP contribution in [0.5, 0.6) is 0 Å². The molecule has 0 unspecified atom stereocenters. The molecule has 1 rings (SSSR count). The van der Waals surface area contributed by atoms with E-state index in [2.05, 4.69) is 0 Å². The Balaban J connectivity index is 2.50. The highest BCUT2D eigenvalue weighted by Crippen LogP contribution is 2.17. The van der Waals surface area contributed by atoms with Crippen LogP contribution in [0.2, 0.25) is 0 Å². The summed E-state index contributed by atoms with van der Waals surface area (Å²) in [4.78, 5) is 0. The average molecular weight is 220 g/mol. The molecule has 2 atom stereocenters. The Kier molecular flexibility index (Phi) is 4.71. The van der Waals surface area contributed by atoms with Crippen molar-refractivity contribution < 1.29 is 10.2 Å². The van der Waals surface area contributed by atoms with Gasteiger partial charge in [0.05, 0.1) is 6.10 Å². The number of hydrogen-bond donors (Lipinski definition) is 2. The van der Waals surface area contributed by atoms with Gasteiger partial charge in [-0.1, -0.05) is 42.5 Å². The van der Waals surface area contributed by atoms with Crippen LogP contribution < -0.4 is 0 Å². The second kappa shape index (κ2) is 5.83. The number of benzene rings is 1. The molecule has 1 aromatic rings. The van der Waals surface area contributed by atoms with Gasteiger partial charge >= 0.3 is 0 Å². The molecule has 0 amide bonds. The van der Waals surface area contributed by atoms with Gasteiger partial charge < -0.3 is 10.2 Å². The van der Waals surface area contributed by atoms with Crippen molar-refractivity contribution in [1.29, 1.82) is 0 Å². The zero-order chi connectivity index (χ0) is 12.0. The van der Waals surface area contributed by atoms with Gasteiger partial charge in [0.2, 0.25) is 0 Å². The lowest BCUT2D eigenvalue weighted by atomic mass is 9.93. The Bertz CT molecular complexity index is 328. The number of hydrogen-bond acceptors (Lipinski definition) is 2. The molecule has 0 spiro atoms. The molecule has 0 fully saturated rings. The second-order valence-corrected chi connectivity index (χ2v) is 4.27. The standard InChI is InChI=1S/C14H20O2/c1-3-11-14(2,16)13(15)10-9-12-7-5-4-6-8-12/h3-8,11,13,15-16H,9-10H2,1-2H3/b11-3+/t13-,14-/m1/s1. The van der Waals surface area contributed by atoms with E-state index in [-0.39, 0.29) is 0 Å². The van der Waals surface area contributed by atoms with Crippen LogP contribution >= 0.6 is 0 Å². The Hall–Kier alpha value is -1.12. The van der Waals surface area contributed by atoms with E-state index in [1.54, 1.807) is 19.1 Å². The van der Waals surface area contributed by atoms with Crippen LogP contribution in [-0.4, -0.2) is 21.9 Å². The van der Waals surface area contributed by atoms with Gasteiger partial charge in [-0.2, -0.15) is 0 Å². The zero-order valence-corrected chi connectivity index (χ0v) is 9.93. The van der Waals surface area contributed by atoms with Crippen molar-refractivity contribution in [3.8, 4) is 0 Å². The molecule has 2 heteroatoms. The minimum atomic E-state index is -1.14. The highest BCUT2D eigenvalue weighted by atomic mass is 16.3. The summed E-state index contributed by atoms with van der Waals surface area (Å²) in [5.41, 5.74) is 0.0432. The molecule has 0 aliphatic carbocycles. The van der Waals surface area contributed by atoms with Gasteiger partial charge in [-0.25, -0.2) is 0 Å². The van der Waals surface area contributed by atoms with E-state index in [4.69, 9.17) is 0 Å². The van der Waals surface area contributed by atoms with Crippen LogP contribution in [0.1, 0.15) is 25.8 Å². The quantitative estimate of drug-likeness (QED) is 0.748.